The van der Waals surface area contributed by atoms with Gasteiger partial charge < -0.3 is 5.73 Å². The number of Topliss-reactive ketones (excluding diaryl/α,β-unsaturated/α-hetero) is 1. The van der Waals surface area contributed by atoms with E-state index in [-0.39, 0.29) is 23.7 Å². The van der Waals surface area contributed by atoms with E-state index in [1.807, 2.05) is 6.92 Å². The number of rotatable bonds is 4. The first-order valence-electron chi connectivity index (χ1n) is 4.48. The normalized spacial score (nSPS) is 12.5. The Hall–Kier alpha value is -1.29. The standard InChI is InChI=1S/C10H13FN2O/c1-7(5-12)4-10(14)8-2-3-13-6-9(8)11/h2-3,6-7H,4-5,12H2,1H3. The number of halogens is 1. The Bertz CT molecular complexity index is 328. The maximum Gasteiger partial charge on any atom is 0.166 e. The van der Waals surface area contributed by atoms with Crippen LogP contribution in [0.5, 0.6) is 0 Å². The summed E-state index contributed by atoms with van der Waals surface area (Å²) in [5.74, 6) is -0.709. The summed E-state index contributed by atoms with van der Waals surface area (Å²) in [4.78, 5) is 15.1. The number of hydrogen-bond acceptors (Lipinski definition) is 3. The van der Waals surface area contributed by atoms with Crippen LogP contribution in [0.25, 0.3) is 0 Å². The third-order valence-corrected chi connectivity index (χ3v) is 2.01. The van der Waals surface area contributed by atoms with E-state index in [9.17, 15) is 9.18 Å². The van der Waals surface area contributed by atoms with E-state index in [0.717, 1.165) is 6.20 Å². The highest BCUT2D eigenvalue weighted by atomic mass is 19.1. The smallest absolute Gasteiger partial charge is 0.166 e. The predicted octanol–water partition coefficient (Wildman–Crippen LogP) is 1.39. The molecule has 0 saturated heterocycles. The van der Waals surface area contributed by atoms with Crippen LogP contribution in [-0.2, 0) is 0 Å². The van der Waals surface area contributed by atoms with Crippen LogP contribution in [0.15, 0.2) is 18.5 Å². The molecule has 0 amide bonds. The predicted molar refractivity (Wildman–Crippen MR) is 51.4 cm³/mol. The van der Waals surface area contributed by atoms with E-state index in [0.29, 0.717) is 6.54 Å². The van der Waals surface area contributed by atoms with E-state index in [4.69, 9.17) is 5.73 Å². The summed E-state index contributed by atoms with van der Waals surface area (Å²) in [6, 6.07) is 1.39. The van der Waals surface area contributed by atoms with Gasteiger partial charge in [-0.05, 0) is 18.5 Å². The summed E-state index contributed by atoms with van der Waals surface area (Å²) < 4.78 is 13.1. The Balaban J connectivity index is 2.75. The number of hydrogen-bond donors (Lipinski definition) is 1. The lowest BCUT2D eigenvalue weighted by Crippen LogP contribution is -2.16. The molecule has 1 unspecified atom stereocenters. The third kappa shape index (κ3) is 2.60. The average molecular weight is 196 g/mol. The van der Waals surface area contributed by atoms with Crippen LogP contribution in [0, 0.1) is 11.7 Å². The van der Waals surface area contributed by atoms with Crippen molar-refractivity contribution in [2.24, 2.45) is 11.7 Å². The molecule has 14 heavy (non-hydrogen) atoms. The topological polar surface area (TPSA) is 56.0 Å². The van der Waals surface area contributed by atoms with Crippen molar-refractivity contribution in [1.29, 1.82) is 0 Å². The van der Waals surface area contributed by atoms with Crippen molar-refractivity contribution in [1.82, 2.24) is 4.98 Å². The third-order valence-electron chi connectivity index (χ3n) is 2.01. The largest absolute Gasteiger partial charge is 0.330 e. The number of aromatic nitrogens is 1. The van der Waals surface area contributed by atoms with Gasteiger partial charge >= 0.3 is 0 Å². The van der Waals surface area contributed by atoms with Gasteiger partial charge in [-0.3, -0.25) is 9.78 Å². The second-order valence-electron chi connectivity index (χ2n) is 3.32. The monoisotopic (exact) mass is 196 g/mol. The summed E-state index contributed by atoms with van der Waals surface area (Å²) in [6.45, 7) is 2.29. The second kappa shape index (κ2) is 4.81. The number of pyridine rings is 1. The molecule has 3 nitrogen and oxygen atoms in total. The Morgan fingerprint density at radius 1 is 1.71 bits per heavy atom. The molecular formula is C10H13FN2O. The van der Waals surface area contributed by atoms with E-state index in [1.165, 1.54) is 12.3 Å². The van der Waals surface area contributed by atoms with Gasteiger partial charge in [0.15, 0.2) is 11.6 Å². The summed E-state index contributed by atoms with van der Waals surface area (Å²) in [7, 11) is 0. The summed E-state index contributed by atoms with van der Waals surface area (Å²) in [6.07, 6.45) is 2.72. The van der Waals surface area contributed by atoms with Crippen molar-refractivity contribution in [2.75, 3.05) is 6.54 Å². The van der Waals surface area contributed by atoms with Crippen molar-refractivity contribution in [2.45, 2.75) is 13.3 Å². The van der Waals surface area contributed by atoms with E-state index in [1.54, 1.807) is 0 Å². The molecule has 1 atom stereocenters. The van der Waals surface area contributed by atoms with Gasteiger partial charge in [0.1, 0.15) is 0 Å². The zero-order chi connectivity index (χ0) is 10.6. The van der Waals surface area contributed by atoms with Gasteiger partial charge in [0.05, 0.1) is 11.8 Å². The molecule has 0 bridgehead atoms. The van der Waals surface area contributed by atoms with Crippen LogP contribution in [0.2, 0.25) is 0 Å². The van der Waals surface area contributed by atoms with E-state index in [2.05, 4.69) is 4.98 Å². The first-order valence-corrected chi connectivity index (χ1v) is 4.48. The molecule has 2 N–H and O–H groups in total. The highest BCUT2D eigenvalue weighted by Crippen LogP contribution is 2.11. The first-order chi connectivity index (χ1) is 6.65. The number of carbonyl (C=O) groups is 1. The molecule has 0 radical (unpaired) electrons. The van der Waals surface area contributed by atoms with Gasteiger partial charge in [-0.25, -0.2) is 4.39 Å². The molecular weight excluding hydrogens is 183 g/mol. The molecule has 1 aromatic heterocycles. The zero-order valence-corrected chi connectivity index (χ0v) is 8.03. The summed E-state index contributed by atoms with van der Waals surface area (Å²) in [5.41, 5.74) is 5.48. The maximum absolute atomic E-state index is 13.1. The first kappa shape index (κ1) is 10.8. The Morgan fingerprint density at radius 2 is 2.43 bits per heavy atom. The van der Waals surface area contributed by atoms with Gasteiger partial charge in [0.2, 0.25) is 0 Å². The van der Waals surface area contributed by atoms with E-state index < -0.39 is 5.82 Å². The van der Waals surface area contributed by atoms with Crippen molar-refractivity contribution in [3.8, 4) is 0 Å². The molecule has 0 saturated carbocycles. The minimum absolute atomic E-state index is 0.0788. The van der Waals surface area contributed by atoms with Crippen molar-refractivity contribution < 1.29 is 9.18 Å². The van der Waals surface area contributed by atoms with Crippen molar-refractivity contribution >= 4 is 5.78 Å². The van der Waals surface area contributed by atoms with Gasteiger partial charge in [0.25, 0.3) is 0 Å². The molecule has 1 heterocycles. The van der Waals surface area contributed by atoms with Crippen LogP contribution >= 0.6 is 0 Å². The lowest BCUT2D eigenvalue weighted by molar-refractivity contribution is 0.0962. The highest BCUT2D eigenvalue weighted by molar-refractivity contribution is 5.96. The fraction of sp³-hybridized carbons (Fsp3) is 0.400. The summed E-state index contributed by atoms with van der Waals surface area (Å²) in [5, 5.41) is 0. The van der Waals surface area contributed by atoms with Crippen LogP contribution < -0.4 is 5.73 Å². The van der Waals surface area contributed by atoms with Gasteiger partial charge in [-0.2, -0.15) is 0 Å². The second-order valence-corrected chi connectivity index (χ2v) is 3.32. The molecule has 1 aromatic rings. The van der Waals surface area contributed by atoms with Crippen LogP contribution in [0.3, 0.4) is 0 Å². The van der Waals surface area contributed by atoms with Gasteiger partial charge in [-0.15, -0.1) is 0 Å². The van der Waals surface area contributed by atoms with Gasteiger partial charge in [0, 0.05) is 12.6 Å². The Labute approximate surface area is 82.1 Å². The molecule has 0 aliphatic rings. The van der Waals surface area contributed by atoms with Crippen molar-refractivity contribution in [3.63, 3.8) is 0 Å². The fourth-order valence-corrected chi connectivity index (χ4v) is 1.11. The molecule has 0 aliphatic heterocycles. The Kier molecular flexibility index (Phi) is 3.71. The fourth-order valence-electron chi connectivity index (χ4n) is 1.11. The SMILES string of the molecule is CC(CN)CC(=O)c1ccncc1F. The zero-order valence-electron chi connectivity index (χ0n) is 8.03. The maximum atomic E-state index is 13.1. The lowest BCUT2D eigenvalue weighted by atomic mass is 10.0. The molecule has 4 heteroatoms. The number of nitrogens with zero attached hydrogens (tertiary/aromatic N) is 1. The number of ketones is 1. The minimum Gasteiger partial charge on any atom is -0.330 e. The van der Waals surface area contributed by atoms with Crippen LogP contribution in [-0.4, -0.2) is 17.3 Å². The molecule has 0 aromatic carbocycles. The van der Waals surface area contributed by atoms with E-state index >= 15 is 0 Å². The quantitative estimate of drug-likeness (QED) is 0.740. The molecule has 76 valence electrons. The van der Waals surface area contributed by atoms with Crippen LogP contribution in [0.1, 0.15) is 23.7 Å². The van der Waals surface area contributed by atoms with Crippen LogP contribution in [0.4, 0.5) is 4.39 Å². The minimum atomic E-state index is -0.568. The number of carbonyl (C=O) groups excluding carboxylic acids is 1. The molecule has 0 aliphatic carbocycles. The molecule has 0 spiro atoms. The lowest BCUT2D eigenvalue weighted by Gasteiger charge is -2.07. The highest BCUT2D eigenvalue weighted by Gasteiger charge is 2.13. The average Bonchev–Trinajstić information content (AvgIpc) is 2.18. The van der Waals surface area contributed by atoms with Gasteiger partial charge in [-0.1, -0.05) is 6.92 Å². The van der Waals surface area contributed by atoms with Crippen molar-refractivity contribution in [3.05, 3.63) is 29.8 Å². The number of nitrogens with two attached hydrogens (primary N) is 1. The molecule has 0 fully saturated rings. The molecule has 1 rings (SSSR count). The Morgan fingerprint density at radius 3 is 3.00 bits per heavy atom. The summed E-state index contributed by atoms with van der Waals surface area (Å²) >= 11 is 0.